The summed E-state index contributed by atoms with van der Waals surface area (Å²) < 4.78 is 0.754. The topological polar surface area (TPSA) is 58.1 Å². The molecule has 1 aromatic heterocycles. The van der Waals surface area contributed by atoms with Gasteiger partial charge >= 0.3 is 0 Å². The van der Waals surface area contributed by atoms with E-state index in [1.54, 1.807) is 19.0 Å². The Morgan fingerprint density at radius 1 is 1.12 bits per heavy atom. The Hall–Kier alpha value is -2.38. The van der Waals surface area contributed by atoms with E-state index in [4.69, 9.17) is 0 Å². The van der Waals surface area contributed by atoms with E-state index in [2.05, 4.69) is 21.6 Å². The summed E-state index contributed by atoms with van der Waals surface area (Å²) in [5.74, 6) is 0.0320. The number of carbonyl (C=O) groups is 1. The molecule has 1 heterocycles. The number of amides is 1. The Labute approximate surface area is 161 Å². The minimum absolute atomic E-state index is 0.0320. The lowest BCUT2D eigenvalue weighted by Gasteiger charge is -2.19. The molecule has 0 saturated carbocycles. The van der Waals surface area contributed by atoms with Crippen molar-refractivity contribution >= 4 is 39.8 Å². The molecule has 5 nitrogen and oxygen atoms in total. The SMILES string of the molecule is Cc1cccc(Nc2nnc(S[C@@H](C(=O)N(C)C)c3ccccc3)s2)c1. The second-order valence-electron chi connectivity index (χ2n) is 6.01. The van der Waals surface area contributed by atoms with Gasteiger partial charge in [0.1, 0.15) is 5.25 Å². The zero-order chi connectivity index (χ0) is 18.5. The fourth-order valence-electron chi connectivity index (χ4n) is 2.38. The zero-order valence-corrected chi connectivity index (χ0v) is 16.5. The number of likely N-dealkylation sites (N-methyl/N-ethyl adjacent to an activating group) is 1. The maximum Gasteiger partial charge on any atom is 0.240 e. The van der Waals surface area contributed by atoms with Crippen LogP contribution in [-0.2, 0) is 4.79 Å². The van der Waals surface area contributed by atoms with Gasteiger partial charge in [-0.1, -0.05) is 65.6 Å². The molecular weight excluding hydrogens is 364 g/mol. The van der Waals surface area contributed by atoms with E-state index in [1.165, 1.54) is 28.7 Å². The summed E-state index contributed by atoms with van der Waals surface area (Å²) in [6.07, 6.45) is 0. The first-order valence-electron chi connectivity index (χ1n) is 8.13. The molecule has 0 aliphatic heterocycles. The number of rotatable bonds is 6. The van der Waals surface area contributed by atoms with Crippen LogP contribution in [0.25, 0.3) is 0 Å². The smallest absolute Gasteiger partial charge is 0.240 e. The van der Waals surface area contributed by atoms with E-state index < -0.39 is 0 Å². The Balaban J connectivity index is 1.77. The minimum atomic E-state index is -0.342. The minimum Gasteiger partial charge on any atom is -0.348 e. The number of hydrogen-bond acceptors (Lipinski definition) is 6. The second kappa shape index (κ2) is 8.33. The third kappa shape index (κ3) is 4.62. The Bertz CT molecular complexity index is 880. The number of aryl methyl sites for hydroxylation is 1. The first-order valence-corrected chi connectivity index (χ1v) is 9.82. The maximum atomic E-state index is 12.6. The molecule has 134 valence electrons. The molecule has 0 unspecified atom stereocenters. The third-order valence-corrected chi connectivity index (χ3v) is 5.83. The van der Waals surface area contributed by atoms with E-state index in [1.807, 2.05) is 55.5 Å². The number of carbonyl (C=O) groups excluding carboxylic acids is 1. The van der Waals surface area contributed by atoms with Crippen molar-refractivity contribution in [3.63, 3.8) is 0 Å². The van der Waals surface area contributed by atoms with Crippen LogP contribution in [0.5, 0.6) is 0 Å². The van der Waals surface area contributed by atoms with Gasteiger partial charge in [-0.05, 0) is 30.2 Å². The van der Waals surface area contributed by atoms with E-state index in [0.29, 0.717) is 5.13 Å². The van der Waals surface area contributed by atoms with Crippen LogP contribution in [0, 0.1) is 6.92 Å². The van der Waals surface area contributed by atoms with Crippen molar-refractivity contribution < 1.29 is 4.79 Å². The first-order chi connectivity index (χ1) is 12.5. The van der Waals surface area contributed by atoms with Crippen molar-refractivity contribution in [2.45, 2.75) is 16.5 Å². The van der Waals surface area contributed by atoms with Crippen molar-refractivity contribution in [1.82, 2.24) is 15.1 Å². The average Bonchev–Trinajstić information content (AvgIpc) is 3.07. The number of hydrogen-bond donors (Lipinski definition) is 1. The molecule has 0 saturated heterocycles. The van der Waals surface area contributed by atoms with Gasteiger partial charge in [0.2, 0.25) is 11.0 Å². The normalized spacial score (nSPS) is 11.8. The number of anilines is 2. The molecule has 0 fully saturated rings. The molecule has 0 aliphatic carbocycles. The van der Waals surface area contributed by atoms with Gasteiger partial charge in [-0.15, -0.1) is 10.2 Å². The monoisotopic (exact) mass is 384 g/mol. The van der Waals surface area contributed by atoms with Crippen LogP contribution in [0.1, 0.15) is 16.4 Å². The van der Waals surface area contributed by atoms with Crippen LogP contribution in [0.4, 0.5) is 10.8 Å². The first kappa shape index (κ1) is 18.4. The lowest BCUT2D eigenvalue weighted by molar-refractivity contribution is -0.128. The summed E-state index contributed by atoms with van der Waals surface area (Å²) >= 11 is 2.87. The Kier molecular flexibility index (Phi) is 5.90. The van der Waals surface area contributed by atoms with Gasteiger partial charge in [-0.2, -0.15) is 0 Å². The number of benzene rings is 2. The maximum absolute atomic E-state index is 12.6. The van der Waals surface area contributed by atoms with Gasteiger partial charge in [-0.3, -0.25) is 4.79 Å². The van der Waals surface area contributed by atoms with Gasteiger partial charge in [0.25, 0.3) is 0 Å². The molecule has 0 aliphatic rings. The molecule has 0 radical (unpaired) electrons. The van der Waals surface area contributed by atoms with E-state index in [-0.39, 0.29) is 11.2 Å². The van der Waals surface area contributed by atoms with Gasteiger partial charge in [-0.25, -0.2) is 0 Å². The highest BCUT2D eigenvalue weighted by molar-refractivity contribution is 8.01. The summed E-state index contributed by atoms with van der Waals surface area (Å²) in [4.78, 5) is 14.2. The number of nitrogens with zero attached hydrogens (tertiary/aromatic N) is 3. The molecule has 7 heteroatoms. The van der Waals surface area contributed by atoms with Crippen LogP contribution in [0.15, 0.2) is 58.9 Å². The molecule has 3 rings (SSSR count). The molecule has 1 atom stereocenters. The van der Waals surface area contributed by atoms with Crippen molar-refractivity contribution in [3.05, 3.63) is 65.7 Å². The van der Waals surface area contributed by atoms with Crippen molar-refractivity contribution in [2.75, 3.05) is 19.4 Å². The fourth-order valence-corrected chi connectivity index (χ4v) is 4.49. The van der Waals surface area contributed by atoms with Gasteiger partial charge in [0, 0.05) is 19.8 Å². The second-order valence-corrected chi connectivity index (χ2v) is 8.34. The average molecular weight is 385 g/mol. The van der Waals surface area contributed by atoms with Gasteiger partial charge in [0.05, 0.1) is 0 Å². The van der Waals surface area contributed by atoms with Crippen LogP contribution < -0.4 is 5.32 Å². The van der Waals surface area contributed by atoms with Crippen molar-refractivity contribution in [1.29, 1.82) is 0 Å². The van der Waals surface area contributed by atoms with E-state index in [0.717, 1.165) is 15.6 Å². The molecular formula is C19H20N4OS2. The summed E-state index contributed by atoms with van der Waals surface area (Å²) in [5.41, 5.74) is 3.11. The van der Waals surface area contributed by atoms with Crippen molar-refractivity contribution in [3.8, 4) is 0 Å². The number of thioether (sulfide) groups is 1. The predicted molar refractivity (Wildman–Crippen MR) is 108 cm³/mol. The summed E-state index contributed by atoms with van der Waals surface area (Å²) in [5, 5.41) is 12.1. The lowest BCUT2D eigenvalue weighted by Crippen LogP contribution is -2.26. The third-order valence-electron chi connectivity index (χ3n) is 3.66. The molecule has 2 aromatic carbocycles. The molecule has 0 spiro atoms. The standard InChI is InChI=1S/C19H20N4OS2/c1-13-8-7-11-15(12-13)20-18-21-22-19(26-18)25-16(17(24)23(2)3)14-9-5-4-6-10-14/h4-12,16H,1-3H3,(H,20,21)/t16-/m1/s1. The van der Waals surface area contributed by atoms with Crippen molar-refractivity contribution in [2.24, 2.45) is 0 Å². The fraction of sp³-hybridized carbons (Fsp3) is 0.211. The molecule has 0 bridgehead atoms. The highest BCUT2D eigenvalue weighted by atomic mass is 32.2. The Morgan fingerprint density at radius 2 is 1.88 bits per heavy atom. The quantitative estimate of drug-likeness (QED) is 0.634. The summed E-state index contributed by atoms with van der Waals surface area (Å²) in [6, 6.07) is 17.8. The number of aromatic nitrogens is 2. The van der Waals surface area contributed by atoms with Gasteiger partial charge in [0.15, 0.2) is 4.34 Å². The molecule has 26 heavy (non-hydrogen) atoms. The lowest BCUT2D eigenvalue weighted by atomic mass is 10.1. The molecule has 1 N–H and O–H groups in total. The molecule has 1 amide bonds. The summed E-state index contributed by atoms with van der Waals surface area (Å²) in [7, 11) is 3.54. The summed E-state index contributed by atoms with van der Waals surface area (Å²) in [6.45, 7) is 2.05. The Morgan fingerprint density at radius 3 is 2.58 bits per heavy atom. The van der Waals surface area contributed by atoms with Crippen LogP contribution in [0.3, 0.4) is 0 Å². The number of nitrogens with one attached hydrogen (secondary N) is 1. The van der Waals surface area contributed by atoms with Crippen LogP contribution in [0.2, 0.25) is 0 Å². The molecule has 3 aromatic rings. The van der Waals surface area contributed by atoms with E-state index >= 15 is 0 Å². The highest BCUT2D eigenvalue weighted by Gasteiger charge is 2.25. The zero-order valence-electron chi connectivity index (χ0n) is 14.8. The predicted octanol–water partition coefficient (Wildman–Crippen LogP) is 4.51. The largest absolute Gasteiger partial charge is 0.348 e. The van der Waals surface area contributed by atoms with Gasteiger partial charge < -0.3 is 10.2 Å². The van der Waals surface area contributed by atoms with Crippen LogP contribution >= 0.6 is 23.1 Å². The van der Waals surface area contributed by atoms with E-state index in [9.17, 15) is 4.79 Å². The van der Waals surface area contributed by atoms with Crippen LogP contribution in [-0.4, -0.2) is 35.1 Å². The highest BCUT2D eigenvalue weighted by Crippen LogP contribution is 2.39.